The van der Waals surface area contributed by atoms with E-state index < -0.39 is 6.10 Å². The van der Waals surface area contributed by atoms with Crippen molar-refractivity contribution in [1.29, 1.82) is 0 Å². The summed E-state index contributed by atoms with van der Waals surface area (Å²) in [5.74, 6) is 0. The summed E-state index contributed by atoms with van der Waals surface area (Å²) in [4.78, 5) is 0. The van der Waals surface area contributed by atoms with Crippen LogP contribution in [0.1, 0.15) is 110 Å². The molecule has 0 radical (unpaired) electrons. The highest BCUT2D eigenvalue weighted by molar-refractivity contribution is 4.52. The summed E-state index contributed by atoms with van der Waals surface area (Å²) in [5, 5.41) is 18.1. The Kier molecular flexibility index (Phi) is 20.8. The van der Waals surface area contributed by atoms with Gasteiger partial charge in [0.05, 0.1) is 12.7 Å². The Hall–Kier alpha value is -0.120. The largest absolute Gasteiger partial charge is 0.396 e. The highest BCUT2D eigenvalue weighted by atomic mass is 16.5. The normalized spacial score (nSPS) is 12.6. The number of hydrogen-bond acceptors (Lipinski definition) is 3. The van der Waals surface area contributed by atoms with E-state index in [2.05, 4.69) is 6.92 Å². The lowest BCUT2D eigenvalue weighted by atomic mass is 10.0. The lowest BCUT2D eigenvalue weighted by molar-refractivity contribution is 0.0228. The van der Waals surface area contributed by atoms with Gasteiger partial charge in [0.1, 0.15) is 0 Å². The Morgan fingerprint density at radius 1 is 0.667 bits per heavy atom. The van der Waals surface area contributed by atoms with Gasteiger partial charge in [-0.1, -0.05) is 96.8 Å². The molecule has 0 spiro atoms. The third kappa shape index (κ3) is 19.9. The third-order valence-corrected chi connectivity index (χ3v) is 4.66. The monoisotopic (exact) mass is 344 g/mol. The predicted octanol–water partition coefficient (Wildman–Crippen LogP) is 5.62. The maximum absolute atomic E-state index is 9.39. The molecule has 0 amide bonds. The lowest BCUT2D eigenvalue weighted by Crippen LogP contribution is -2.17. The molecule has 0 saturated carbocycles. The Labute approximate surface area is 151 Å². The molecule has 2 N–H and O–H groups in total. The second-order valence-corrected chi connectivity index (χ2v) is 7.19. The summed E-state index contributed by atoms with van der Waals surface area (Å²) in [5.41, 5.74) is 0. The molecule has 0 aliphatic rings. The zero-order chi connectivity index (χ0) is 17.7. The van der Waals surface area contributed by atoms with Crippen LogP contribution in [-0.2, 0) is 4.74 Å². The van der Waals surface area contributed by atoms with Crippen molar-refractivity contribution in [3.8, 4) is 0 Å². The maximum Gasteiger partial charge on any atom is 0.0795 e. The highest BCUT2D eigenvalue weighted by Gasteiger charge is 2.02. The average Bonchev–Trinajstić information content (AvgIpc) is 2.58. The first-order chi connectivity index (χ1) is 11.8. The molecule has 3 nitrogen and oxygen atoms in total. The van der Waals surface area contributed by atoms with Gasteiger partial charge in [-0.05, 0) is 12.8 Å². The zero-order valence-corrected chi connectivity index (χ0v) is 16.3. The molecule has 0 aromatic carbocycles. The number of rotatable bonds is 20. The van der Waals surface area contributed by atoms with Crippen molar-refractivity contribution in [2.24, 2.45) is 0 Å². The molecular formula is C21H44O3. The molecule has 1 atom stereocenters. The second-order valence-electron chi connectivity index (χ2n) is 7.19. The van der Waals surface area contributed by atoms with Crippen LogP contribution in [0.3, 0.4) is 0 Å². The molecule has 0 bridgehead atoms. The quantitative estimate of drug-likeness (QED) is 0.282. The van der Waals surface area contributed by atoms with Gasteiger partial charge in [-0.15, -0.1) is 0 Å². The molecule has 0 aromatic heterocycles. The van der Waals surface area contributed by atoms with Gasteiger partial charge in [-0.25, -0.2) is 0 Å². The van der Waals surface area contributed by atoms with Crippen LogP contribution in [-0.4, -0.2) is 36.1 Å². The minimum Gasteiger partial charge on any atom is -0.396 e. The molecule has 0 aliphatic heterocycles. The maximum atomic E-state index is 9.39. The van der Waals surface area contributed by atoms with Gasteiger partial charge in [-0.3, -0.25) is 0 Å². The van der Waals surface area contributed by atoms with Gasteiger partial charge >= 0.3 is 0 Å². The van der Waals surface area contributed by atoms with Crippen LogP contribution in [0.2, 0.25) is 0 Å². The lowest BCUT2D eigenvalue weighted by Gasteiger charge is -2.09. The molecule has 0 rings (SSSR count). The van der Waals surface area contributed by atoms with E-state index in [1.807, 2.05) is 0 Å². The Bertz CT molecular complexity index is 221. The third-order valence-electron chi connectivity index (χ3n) is 4.66. The minimum atomic E-state index is -0.508. The molecule has 0 heterocycles. The van der Waals surface area contributed by atoms with Gasteiger partial charge in [0.15, 0.2) is 0 Å². The van der Waals surface area contributed by atoms with Crippen molar-refractivity contribution >= 4 is 0 Å². The summed E-state index contributed by atoms with van der Waals surface area (Å²) < 4.78 is 5.40. The van der Waals surface area contributed by atoms with E-state index in [0.29, 0.717) is 13.0 Å². The molecule has 0 aromatic rings. The van der Waals surface area contributed by atoms with Crippen LogP contribution in [0, 0.1) is 0 Å². The van der Waals surface area contributed by atoms with E-state index >= 15 is 0 Å². The van der Waals surface area contributed by atoms with Crippen LogP contribution < -0.4 is 0 Å². The molecule has 0 fully saturated rings. The number of aliphatic hydroxyl groups excluding tert-OH is 2. The van der Waals surface area contributed by atoms with Crippen LogP contribution >= 0.6 is 0 Å². The van der Waals surface area contributed by atoms with Gasteiger partial charge in [0, 0.05) is 13.2 Å². The standard InChI is InChI=1S/C21H44O3/c1-2-3-4-5-6-7-8-9-10-11-12-13-14-15-16-19-24-20-21(23)17-18-22/h21-23H,2-20H2,1H3. The van der Waals surface area contributed by atoms with Crippen molar-refractivity contribution in [3.63, 3.8) is 0 Å². The van der Waals surface area contributed by atoms with Crippen molar-refractivity contribution in [2.75, 3.05) is 19.8 Å². The van der Waals surface area contributed by atoms with E-state index in [-0.39, 0.29) is 6.61 Å². The first-order valence-corrected chi connectivity index (χ1v) is 10.7. The number of ether oxygens (including phenoxy) is 1. The molecule has 146 valence electrons. The van der Waals surface area contributed by atoms with E-state index in [1.165, 1.54) is 89.9 Å². The first kappa shape index (κ1) is 23.9. The molecule has 0 aliphatic carbocycles. The fourth-order valence-corrected chi connectivity index (χ4v) is 3.03. The van der Waals surface area contributed by atoms with Crippen molar-refractivity contribution < 1.29 is 14.9 Å². The van der Waals surface area contributed by atoms with E-state index in [4.69, 9.17) is 9.84 Å². The summed E-state index contributed by atoms with van der Waals surface area (Å²) in [7, 11) is 0. The molecule has 24 heavy (non-hydrogen) atoms. The fourth-order valence-electron chi connectivity index (χ4n) is 3.03. The Morgan fingerprint density at radius 3 is 1.50 bits per heavy atom. The number of aliphatic hydroxyl groups is 2. The van der Waals surface area contributed by atoms with Gasteiger partial charge in [0.2, 0.25) is 0 Å². The Balaban J connectivity index is 3.00. The highest BCUT2D eigenvalue weighted by Crippen LogP contribution is 2.13. The molecule has 3 heteroatoms. The van der Waals surface area contributed by atoms with Crippen molar-refractivity contribution in [1.82, 2.24) is 0 Å². The SMILES string of the molecule is CCCCCCCCCCCCCCCCCOCC(O)CCO. The van der Waals surface area contributed by atoms with Crippen molar-refractivity contribution in [3.05, 3.63) is 0 Å². The van der Waals surface area contributed by atoms with Crippen LogP contribution in [0.5, 0.6) is 0 Å². The molecular weight excluding hydrogens is 300 g/mol. The summed E-state index contributed by atoms with van der Waals surface area (Å²) >= 11 is 0. The fraction of sp³-hybridized carbons (Fsp3) is 1.00. The smallest absolute Gasteiger partial charge is 0.0795 e. The summed E-state index contributed by atoms with van der Waals surface area (Å²) in [6.45, 7) is 3.41. The number of unbranched alkanes of at least 4 members (excludes halogenated alkanes) is 14. The van der Waals surface area contributed by atoms with Crippen LogP contribution in [0.4, 0.5) is 0 Å². The Morgan fingerprint density at radius 2 is 1.08 bits per heavy atom. The molecule has 0 saturated heterocycles. The van der Waals surface area contributed by atoms with E-state index in [9.17, 15) is 5.11 Å². The van der Waals surface area contributed by atoms with Crippen molar-refractivity contribution in [2.45, 2.75) is 116 Å². The predicted molar refractivity (Wildman–Crippen MR) is 103 cm³/mol. The van der Waals surface area contributed by atoms with E-state index in [1.54, 1.807) is 0 Å². The van der Waals surface area contributed by atoms with Crippen LogP contribution in [0.25, 0.3) is 0 Å². The topological polar surface area (TPSA) is 49.7 Å². The zero-order valence-electron chi connectivity index (χ0n) is 16.3. The van der Waals surface area contributed by atoms with E-state index in [0.717, 1.165) is 13.0 Å². The minimum absolute atomic E-state index is 0.0312. The summed E-state index contributed by atoms with van der Waals surface area (Å²) in [6, 6.07) is 0. The summed E-state index contributed by atoms with van der Waals surface area (Å²) in [6.07, 6.45) is 20.5. The number of hydrogen-bond donors (Lipinski definition) is 2. The first-order valence-electron chi connectivity index (χ1n) is 10.7. The van der Waals surface area contributed by atoms with Gasteiger partial charge < -0.3 is 14.9 Å². The van der Waals surface area contributed by atoms with Crippen LogP contribution in [0.15, 0.2) is 0 Å². The second kappa shape index (κ2) is 20.9. The van der Waals surface area contributed by atoms with Gasteiger partial charge in [0.25, 0.3) is 0 Å². The average molecular weight is 345 g/mol. The molecule has 1 unspecified atom stereocenters. The van der Waals surface area contributed by atoms with Gasteiger partial charge in [-0.2, -0.15) is 0 Å².